The van der Waals surface area contributed by atoms with E-state index in [1.165, 1.54) is 5.56 Å². The Morgan fingerprint density at radius 3 is 3.08 bits per heavy atom. The number of ether oxygens (including phenoxy) is 1. The quantitative estimate of drug-likeness (QED) is 0.863. The molecular formula is C18H22N4O2. The molecule has 2 atom stereocenters. The third kappa shape index (κ3) is 3.13. The Morgan fingerprint density at radius 2 is 2.21 bits per heavy atom. The van der Waals surface area contributed by atoms with Crippen molar-refractivity contribution in [1.82, 2.24) is 19.9 Å². The van der Waals surface area contributed by atoms with Crippen molar-refractivity contribution in [3.8, 4) is 5.75 Å². The molecule has 24 heavy (non-hydrogen) atoms. The Labute approximate surface area is 141 Å². The Bertz CT molecular complexity index is 701. The van der Waals surface area contributed by atoms with Crippen LogP contribution in [0.1, 0.15) is 30.7 Å². The van der Waals surface area contributed by atoms with E-state index in [1.807, 2.05) is 34.0 Å². The molecule has 0 spiro atoms. The Hall–Kier alpha value is -2.37. The first-order chi connectivity index (χ1) is 11.8. The highest BCUT2D eigenvalue weighted by Crippen LogP contribution is 2.36. The summed E-state index contributed by atoms with van der Waals surface area (Å²) in [7, 11) is 0. The summed E-state index contributed by atoms with van der Waals surface area (Å²) in [5.74, 6) is 1.94. The third-order valence-electron chi connectivity index (χ3n) is 5.06. The van der Waals surface area contributed by atoms with E-state index in [4.69, 9.17) is 4.74 Å². The maximum atomic E-state index is 12.7. The topological polar surface area (TPSA) is 60.2 Å². The zero-order valence-electron chi connectivity index (χ0n) is 13.7. The summed E-state index contributed by atoms with van der Waals surface area (Å²) in [5, 5.41) is 7.86. The van der Waals surface area contributed by atoms with E-state index >= 15 is 0 Å². The van der Waals surface area contributed by atoms with Crippen molar-refractivity contribution in [1.29, 1.82) is 0 Å². The Kier molecular flexibility index (Phi) is 4.19. The van der Waals surface area contributed by atoms with Crippen molar-refractivity contribution >= 4 is 5.91 Å². The summed E-state index contributed by atoms with van der Waals surface area (Å²) < 4.78 is 7.55. The smallest absolute Gasteiger partial charge is 0.223 e. The molecular weight excluding hydrogens is 304 g/mol. The van der Waals surface area contributed by atoms with E-state index in [9.17, 15) is 4.79 Å². The van der Waals surface area contributed by atoms with Crippen molar-refractivity contribution < 1.29 is 9.53 Å². The minimum atomic E-state index is 0.262. The molecule has 0 bridgehead atoms. The van der Waals surface area contributed by atoms with Gasteiger partial charge in [-0.3, -0.25) is 9.48 Å². The highest BCUT2D eigenvalue weighted by atomic mass is 16.5. The Balaban J connectivity index is 1.36. The fourth-order valence-electron chi connectivity index (χ4n) is 3.77. The summed E-state index contributed by atoms with van der Waals surface area (Å²) in [5.41, 5.74) is 1.18. The summed E-state index contributed by atoms with van der Waals surface area (Å²) in [6, 6.07) is 8.09. The Morgan fingerprint density at radius 1 is 1.29 bits per heavy atom. The highest BCUT2D eigenvalue weighted by Gasteiger charge is 2.30. The van der Waals surface area contributed by atoms with Crippen molar-refractivity contribution in [2.45, 2.75) is 31.7 Å². The second kappa shape index (κ2) is 6.63. The molecule has 1 aromatic carbocycles. The van der Waals surface area contributed by atoms with Gasteiger partial charge in [0.25, 0.3) is 0 Å². The monoisotopic (exact) mass is 326 g/mol. The fraction of sp³-hybridized carbons (Fsp3) is 0.500. The summed E-state index contributed by atoms with van der Waals surface area (Å²) in [6.45, 7) is 3.21. The number of nitrogens with zero attached hydrogens (tertiary/aromatic N) is 4. The van der Waals surface area contributed by atoms with Gasteiger partial charge in [-0.25, -0.2) is 0 Å². The molecule has 6 heteroatoms. The molecule has 0 saturated carbocycles. The molecule has 4 rings (SSSR count). The van der Waals surface area contributed by atoms with E-state index in [-0.39, 0.29) is 11.8 Å². The van der Waals surface area contributed by atoms with Crippen LogP contribution in [0.15, 0.2) is 36.7 Å². The lowest BCUT2D eigenvalue weighted by molar-refractivity contribution is -0.130. The minimum absolute atomic E-state index is 0.262. The van der Waals surface area contributed by atoms with Gasteiger partial charge in [0.1, 0.15) is 5.75 Å². The first-order valence-corrected chi connectivity index (χ1v) is 8.63. The number of aromatic nitrogens is 3. The molecule has 1 saturated heterocycles. The molecule has 3 heterocycles. The predicted molar refractivity (Wildman–Crippen MR) is 88.6 cm³/mol. The van der Waals surface area contributed by atoms with E-state index in [1.54, 1.807) is 6.20 Å². The van der Waals surface area contributed by atoms with Crippen LogP contribution < -0.4 is 4.74 Å². The largest absolute Gasteiger partial charge is 0.493 e. The van der Waals surface area contributed by atoms with Crippen LogP contribution in [0, 0.1) is 5.92 Å². The molecule has 126 valence electrons. The third-order valence-corrected chi connectivity index (χ3v) is 5.06. The molecule has 0 N–H and O–H groups in total. The summed E-state index contributed by atoms with van der Waals surface area (Å²) >= 11 is 0. The van der Waals surface area contributed by atoms with Crippen molar-refractivity contribution in [3.05, 3.63) is 42.2 Å². The van der Waals surface area contributed by atoms with Gasteiger partial charge in [0.2, 0.25) is 5.91 Å². The van der Waals surface area contributed by atoms with Gasteiger partial charge in [-0.05, 0) is 36.3 Å². The minimum Gasteiger partial charge on any atom is -0.493 e. The lowest BCUT2D eigenvalue weighted by atomic mass is 9.90. The first kappa shape index (κ1) is 15.2. The molecule has 1 amide bonds. The molecule has 1 fully saturated rings. The van der Waals surface area contributed by atoms with Crippen LogP contribution in [0.2, 0.25) is 0 Å². The van der Waals surface area contributed by atoms with Crippen molar-refractivity contribution in [2.24, 2.45) is 5.92 Å². The molecule has 0 aliphatic carbocycles. The van der Waals surface area contributed by atoms with E-state index in [0.29, 0.717) is 18.9 Å². The number of carbonyl (C=O) groups excluding carboxylic acids is 1. The normalized spacial score (nSPS) is 22.9. The summed E-state index contributed by atoms with van der Waals surface area (Å²) in [6.07, 6.45) is 6.11. The molecule has 1 aromatic heterocycles. The molecule has 2 aromatic rings. The van der Waals surface area contributed by atoms with Crippen LogP contribution in [-0.4, -0.2) is 45.5 Å². The SMILES string of the molecule is O=C(CC1CCOc2ccccc21)N1CCC(Cn2ccnn2)C1. The van der Waals surface area contributed by atoms with E-state index in [0.717, 1.165) is 38.2 Å². The van der Waals surface area contributed by atoms with Crippen LogP contribution in [-0.2, 0) is 11.3 Å². The average Bonchev–Trinajstić information content (AvgIpc) is 3.28. The van der Waals surface area contributed by atoms with Gasteiger partial charge < -0.3 is 9.64 Å². The van der Waals surface area contributed by atoms with Crippen LogP contribution in [0.4, 0.5) is 0 Å². The van der Waals surface area contributed by atoms with Gasteiger partial charge in [0.05, 0.1) is 12.8 Å². The van der Waals surface area contributed by atoms with Crippen LogP contribution >= 0.6 is 0 Å². The molecule has 2 unspecified atom stereocenters. The lowest BCUT2D eigenvalue weighted by Crippen LogP contribution is -2.31. The molecule has 0 radical (unpaired) electrons. The van der Waals surface area contributed by atoms with Gasteiger partial charge in [-0.2, -0.15) is 0 Å². The van der Waals surface area contributed by atoms with Crippen molar-refractivity contribution in [3.63, 3.8) is 0 Å². The second-order valence-corrected chi connectivity index (χ2v) is 6.70. The standard InChI is InChI=1S/C18H22N4O2/c23-18(11-15-6-10-24-17-4-2-1-3-16(15)17)21-8-5-14(12-21)13-22-9-7-19-20-22/h1-4,7,9,14-15H,5-6,8,10-13H2. The van der Waals surface area contributed by atoms with Gasteiger partial charge in [-0.1, -0.05) is 23.4 Å². The van der Waals surface area contributed by atoms with E-state index in [2.05, 4.69) is 16.4 Å². The van der Waals surface area contributed by atoms with Gasteiger partial charge in [0.15, 0.2) is 0 Å². The van der Waals surface area contributed by atoms with Crippen LogP contribution in [0.25, 0.3) is 0 Å². The number of para-hydroxylation sites is 1. The number of hydrogen-bond acceptors (Lipinski definition) is 4. The zero-order chi connectivity index (χ0) is 16.4. The zero-order valence-corrected chi connectivity index (χ0v) is 13.7. The average molecular weight is 326 g/mol. The number of amides is 1. The number of hydrogen-bond donors (Lipinski definition) is 0. The van der Waals surface area contributed by atoms with Crippen LogP contribution in [0.3, 0.4) is 0 Å². The highest BCUT2D eigenvalue weighted by molar-refractivity contribution is 5.77. The maximum absolute atomic E-state index is 12.7. The van der Waals surface area contributed by atoms with Gasteiger partial charge in [-0.15, -0.1) is 5.10 Å². The van der Waals surface area contributed by atoms with Gasteiger partial charge in [0, 0.05) is 32.3 Å². The predicted octanol–water partition coefficient (Wildman–Crippen LogP) is 2.08. The lowest BCUT2D eigenvalue weighted by Gasteiger charge is -2.27. The molecule has 2 aliphatic rings. The molecule has 2 aliphatic heterocycles. The number of benzene rings is 1. The molecule has 6 nitrogen and oxygen atoms in total. The number of carbonyl (C=O) groups is 1. The number of likely N-dealkylation sites (tertiary alicyclic amines) is 1. The first-order valence-electron chi connectivity index (χ1n) is 8.63. The number of rotatable bonds is 4. The summed E-state index contributed by atoms with van der Waals surface area (Å²) in [4.78, 5) is 14.7. The maximum Gasteiger partial charge on any atom is 0.223 e. The number of fused-ring (bicyclic) bond motifs is 1. The van der Waals surface area contributed by atoms with Gasteiger partial charge >= 0.3 is 0 Å². The second-order valence-electron chi connectivity index (χ2n) is 6.70. The fourth-order valence-corrected chi connectivity index (χ4v) is 3.77. The van der Waals surface area contributed by atoms with Crippen LogP contribution in [0.5, 0.6) is 5.75 Å². The van der Waals surface area contributed by atoms with E-state index < -0.39 is 0 Å². The van der Waals surface area contributed by atoms with Crippen molar-refractivity contribution in [2.75, 3.05) is 19.7 Å².